The van der Waals surface area contributed by atoms with Crippen LogP contribution >= 0.6 is 0 Å². The Morgan fingerprint density at radius 1 is 1.04 bits per heavy atom. The number of benzene rings is 2. The molecule has 124 valence electrons. The first-order valence-electron chi connectivity index (χ1n) is 8.12. The molecular weight excluding hydrogens is 310 g/mol. The van der Waals surface area contributed by atoms with Gasteiger partial charge in [0.25, 0.3) is 0 Å². The van der Waals surface area contributed by atoms with Crippen molar-refractivity contribution in [1.82, 2.24) is 9.97 Å². The van der Waals surface area contributed by atoms with Gasteiger partial charge in [-0.2, -0.15) is 0 Å². The molecule has 1 aromatic heterocycles. The Morgan fingerprint density at radius 3 is 2.36 bits per heavy atom. The van der Waals surface area contributed by atoms with Gasteiger partial charge in [0.1, 0.15) is 0 Å². The van der Waals surface area contributed by atoms with Gasteiger partial charge >= 0.3 is 0 Å². The number of aromatic nitrogens is 2. The molecule has 0 spiro atoms. The van der Waals surface area contributed by atoms with Crippen LogP contribution in [0.1, 0.15) is 22.4 Å². The number of Topliss-reactive ketones (excluding diaryl/α,β-unsaturated/α-hetero) is 1. The maximum absolute atomic E-state index is 12.2. The number of nitrogens with one attached hydrogen (secondary N) is 1. The Balaban J connectivity index is 1.59. The van der Waals surface area contributed by atoms with E-state index in [1.165, 1.54) is 0 Å². The molecule has 0 saturated heterocycles. The molecule has 4 heteroatoms. The molecule has 0 bridgehead atoms. The molecule has 25 heavy (non-hydrogen) atoms. The second-order valence-electron chi connectivity index (χ2n) is 5.83. The monoisotopic (exact) mass is 329 g/mol. The van der Waals surface area contributed by atoms with Crippen molar-refractivity contribution in [1.29, 1.82) is 0 Å². The molecule has 0 aliphatic carbocycles. The number of carbonyl (C=O) groups excluding carboxylic acids is 1. The van der Waals surface area contributed by atoms with E-state index in [1.54, 1.807) is 12.5 Å². The van der Waals surface area contributed by atoms with Gasteiger partial charge < -0.3 is 10.7 Å². The lowest BCUT2D eigenvalue weighted by molar-refractivity contribution is -0.119. The largest absolute Gasteiger partial charge is 0.351 e. The van der Waals surface area contributed by atoms with Gasteiger partial charge in [-0.15, -0.1) is 0 Å². The van der Waals surface area contributed by atoms with Crippen LogP contribution in [0.25, 0.3) is 0 Å². The van der Waals surface area contributed by atoms with Gasteiger partial charge in [-0.25, -0.2) is 4.98 Å². The SMILES string of the molecule is N[C@@H](Cc1c[nH]cn1)C(=O)Cc1ccc(C#Cc2ccccc2)cc1. The molecule has 0 fully saturated rings. The number of rotatable bonds is 5. The molecular formula is C21H19N3O. The minimum Gasteiger partial charge on any atom is -0.351 e. The fraction of sp³-hybridized carbons (Fsp3) is 0.143. The van der Waals surface area contributed by atoms with Crippen LogP contribution in [0.4, 0.5) is 0 Å². The highest BCUT2D eigenvalue weighted by Crippen LogP contribution is 2.07. The average molecular weight is 329 g/mol. The second kappa shape index (κ2) is 8.09. The lowest BCUT2D eigenvalue weighted by atomic mass is 10.0. The van der Waals surface area contributed by atoms with Gasteiger partial charge in [0.15, 0.2) is 5.78 Å². The van der Waals surface area contributed by atoms with Crippen molar-refractivity contribution in [3.8, 4) is 11.8 Å². The van der Waals surface area contributed by atoms with Crippen molar-refractivity contribution in [2.24, 2.45) is 5.73 Å². The summed E-state index contributed by atoms with van der Waals surface area (Å²) in [6.07, 6.45) is 4.11. The van der Waals surface area contributed by atoms with Crippen LogP contribution in [0.15, 0.2) is 67.1 Å². The lowest BCUT2D eigenvalue weighted by Gasteiger charge is -2.09. The quantitative estimate of drug-likeness (QED) is 0.707. The van der Waals surface area contributed by atoms with Crippen LogP contribution in [0.2, 0.25) is 0 Å². The molecule has 0 saturated carbocycles. The van der Waals surface area contributed by atoms with Crippen molar-refractivity contribution in [2.45, 2.75) is 18.9 Å². The van der Waals surface area contributed by atoms with Crippen LogP contribution in [0, 0.1) is 11.8 Å². The van der Waals surface area contributed by atoms with E-state index in [0.717, 1.165) is 22.4 Å². The van der Waals surface area contributed by atoms with E-state index in [9.17, 15) is 4.79 Å². The van der Waals surface area contributed by atoms with E-state index in [4.69, 9.17) is 5.73 Å². The summed E-state index contributed by atoms with van der Waals surface area (Å²) < 4.78 is 0. The number of hydrogen-bond acceptors (Lipinski definition) is 3. The van der Waals surface area contributed by atoms with E-state index in [2.05, 4.69) is 21.8 Å². The van der Waals surface area contributed by atoms with Gasteiger partial charge in [-0.3, -0.25) is 4.79 Å². The first-order valence-corrected chi connectivity index (χ1v) is 8.12. The average Bonchev–Trinajstić information content (AvgIpc) is 3.15. The van der Waals surface area contributed by atoms with Crippen molar-refractivity contribution in [2.75, 3.05) is 0 Å². The number of H-pyrrole nitrogens is 1. The third-order valence-electron chi connectivity index (χ3n) is 3.85. The van der Waals surface area contributed by atoms with E-state index in [1.807, 2.05) is 54.6 Å². The Bertz CT molecular complexity index is 872. The summed E-state index contributed by atoms with van der Waals surface area (Å²) in [6, 6.07) is 17.0. The predicted octanol–water partition coefficient (Wildman–Crippen LogP) is 2.49. The predicted molar refractivity (Wildman–Crippen MR) is 97.8 cm³/mol. The summed E-state index contributed by atoms with van der Waals surface area (Å²) in [6.45, 7) is 0. The fourth-order valence-electron chi connectivity index (χ4n) is 2.45. The Labute approximate surface area is 147 Å². The summed E-state index contributed by atoms with van der Waals surface area (Å²) >= 11 is 0. The number of imidazole rings is 1. The van der Waals surface area contributed by atoms with E-state index in [-0.39, 0.29) is 5.78 Å². The van der Waals surface area contributed by atoms with Crippen LogP contribution in [-0.2, 0) is 17.6 Å². The number of ketones is 1. The minimum atomic E-state index is -0.541. The van der Waals surface area contributed by atoms with Crippen LogP contribution in [-0.4, -0.2) is 21.8 Å². The normalized spacial score (nSPS) is 11.4. The maximum atomic E-state index is 12.2. The van der Waals surface area contributed by atoms with Gasteiger partial charge in [-0.1, -0.05) is 42.2 Å². The van der Waals surface area contributed by atoms with Crippen molar-refractivity contribution in [3.05, 3.63) is 89.5 Å². The summed E-state index contributed by atoms with van der Waals surface area (Å²) in [7, 11) is 0. The summed E-state index contributed by atoms with van der Waals surface area (Å²) in [4.78, 5) is 19.2. The van der Waals surface area contributed by atoms with Gasteiger partial charge in [-0.05, 0) is 29.8 Å². The minimum absolute atomic E-state index is 0.00567. The molecule has 3 aromatic rings. The van der Waals surface area contributed by atoms with Gasteiger partial charge in [0, 0.05) is 30.2 Å². The van der Waals surface area contributed by atoms with Gasteiger partial charge in [0.2, 0.25) is 0 Å². The molecule has 0 aliphatic heterocycles. The molecule has 1 atom stereocenters. The first kappa shape index (κ1) is 16.7. The summed E-state index contributed by atoms with van der Waals surface area (Å²) in [5.41, 5.74) is 9.60. The van der Waals surface area contributed by atoms with Crippen molar-refractivity contribution in [3.63, 3.8) is 0 Å². The van der Waals surface area contributed by atoms with Crippen LogP contribution in [0.3, 0.4) is 0 Å². The zero-order chi connectivity index (χ0) is 17.5. The van der Waals surface area contributed by atoms with Crippen molar-refractivity contribution >= 4 is 5.78 Å². The highest BCUT2D eigenvalue weighted by Gasteiger charge is 2.15. The molecule has 0 radical (unpaired) electrons. The van der Waals surface area contributed by atoms with Crippen LogP contribution in [0.5, 0.6) is 0 Å². The third-order valence-corrected chi connectivity index (χ3v) is 3.85. The van der Waals surface area contributed by atoms with E-state index in [0.29, 0.717) is 12.8 Å². The number of aromatic amines is 1. The first-order chi connectivity index (χ1) is 12.2. The zero-order valence-electron chi connectivity index (χ0n) is 13.8. The maximum Gasteiger partial charge on any atom is 0.154 e. The topological polar surface area (TPSA) is 71.8 Å². The third kappa shape index (κ3) is 4.90. The summed E-state index contributed by atoms with van der Waals surface area (Å²) in [5, 5.41) is 0. The molecule has 0 unspecified atom stereocenters. The Morgan fingerprint density at radius 2 is 1.72 bits per heavy atom. The van der Waals surface area contributed by atoms with Crippen LogP contribution < -0.4 is 5.73 Å². The molecule has 3 N–H and O–H groups in total. The van der Waals surface area contributed by atoms with E-state index >= 15 is 0 Å². The Kier molecular flexibility index (Phi) is 5.40. The number of hydrogen-bond donors (Lipinski definition) is 2. The second-order valence-corrected chi connectivity index (χ2v) is 5.83. The highest BCUT2D eigenvalue weighted by molar-refractivity contribution is 5.86. The number of nitrogens with zero attached hydrogens (tertiary/aromatic N) is 1. The lowest BCUT2D eigenvalue weighted by Crippen LogP contribution is -2.34. The number of nitrogens with two attached hydrogens (primary N) is 1. The van der Waals surface area contributed by atoms with Crippen molar-refractivity contribution < 1.29 is 4.79 Å². The van der Waals surface area contributed by atoms with E-state index < -0.39 is 6.04 Å². The molecule has 2 aromatic carbocycles. The number of carbonyl (C=O) groups is 1. The van der Waals surface area contributed by atoms with Gasteiger partial charge in [0.05, 0.1) is 18.1 Å². The summed E-state index contributed by atoms with van der Waals surface area (Å²) in [5.74, 6) is 6.25. The molecule has 0 amide bonds. The molecule has 3 rings (SSSR count). The Hall–Kier alpha value is -3.16. The molecule has 4 nitrogen and oxygen atoms in total. The smallest absolute Gasteiger partial charge is 0.154 e. The fourth-order valence-corrected chi connectivity index (χ4v) is 2.45. The molecule has 1 heterocycles. The zero-order valence-corrected chi connectivity index (χ0v) is 13.8. The standard InChI is InChI=1S/C21H19N3O/c22-20(13-19-14-23-15-24-19)21(25)12-18-10-8-17(9-11-18)7-6-16-4-2-1-3-5-16/h1-5,8-11,14-15,20H,12-13,22H2,(H,23,24)/t20-/m0/s1. The molecule has 0 aliphatic rings. The highest BCUT2D eigenvalue weighted by atomic mass is 16.1.